The minimum atomic E-state index is -1.77. The number of amides is 1. The van der Waals surface area contributed by atoms with E-state index in [-0.39, 0.29) is 16.8 Å². The summed E-state index contributed by atoms with van der Waals surface area (Å²) in [5.41, 5.74) is 2.57. The first kappa shape index (κ1) is 29.5. The number of carbonyl (C=O) groups is 5. The molecule has 0 saturated heterocycles. The van der Waals surface area contributed by atoms with Crippen LogP contribution in [0, 0.1) is 0 Å². The molecule has 1 amide bonds. The Morgan fingerprint density at radius 3 is 2.11 bits per heavy atom. The summed E-state index contributed by atoms with van der Waals surface area (Å²) in [5.74, 6) is -6.86. The van der Waals surface area contributed by atoms with Gasteiger partial charge in [0.1, 0.15) is 10.7 Å². The van der Waals surface area contributed by atoms with E-state index in [1.54, 1.807) is 16.8 Å². The highest BCUT2D eigenvalue weighted by molar-refractivity contribution is 7.12. The van der Waals surface area contributed by atoms with Gasteiger partial charge in [0.25, 0.3) is 5.91 Å². The molecule has 5 aromatic rings. The summed E-state index contributed by atoms with van der Waals surface area (Å²) in [6, 6.07) is 26.9. The summed E-state index contributed by atoms with van der Waals surface area (Å²) in [5, 5.41) is 8.14. The van der Waals surface area contributed by atoms with Gasteiger partial charge in [-0.25, -0.2) is 9.67 Å². The SMILES string of the molecule is COC(=O)[C@H](C(=O)C(=O)NC1=C(Cl)C(=O)c2ccccc2C1=O)c1csc(-n2nc(-c3ccccc3)cc2-c2ccccc2)n1. The van der Waals surface area contributed by atoms with Crippen molar-refractivity contribution >= 4 is 52.2 Å². The third-order valence-electron chi connectivity index (χ3n) is 7.06. The van der Waals surface area contributed by atoms with Crippen molar-refractivity contribution in [2.45, 2.75) is 5.92 Å². The van der Waals surface area contributed by atoms with Crippen LogP contribution >= 0.6 is 22.9 Å². The second-order valence-electron chi connectivity index (χ2n) is 9.78. The van der Waals surface area contributed by atoms with Gasteiger partial charge in [-0.2, -0.15) is 5.10 Å². The van der Waals surface area contributed by atoms with Gasteiger partial charge in [-0.3, -0.25) is 24.0 Å². The monoisotopic (exact) mass is 636 g/mol. The molecule has 1 N–H and O–H groups in total. The Labute approximate surface area is 264 Å². The van der Waals surface area contributed by atoms with E-state index in [9.17, 15) is 24.0 Å². The van der Waals surface area contributed by atoms with Gasteiger partial charge in [-0.05, 0) is 6.07 Å². The van der Waals surface area contributed by atoms with E-state index < -0.39 is 45.9 Å². The zero-order valence-electron chi connectivity index (χ0n) is 23.4. The lowest BCUT2D eigenvalue weighted by Crippen LogP contribution is -2.40. The molecule has 3 aromatic carbocycles. The molecule has 0 aliphatic heterocycles. The highest BCUT2D eigenvalue weighted by atomic mass is 35.5. The largest absolute Gasteiger partial charge is 0.468 e. The number of hydrogen-bond donors (Lipinski definition) is 1. The topological polar surface area (TPSA) is 137 Å². The smallest absolute Gasteiger partial charge is 0.323 e. The van der Waals surface area contributed by atoms with E-state index in [0.29, 0.717) is 16.5 Å². The molecule has 0 spiro atoms. The fourth-order valence-corrected chi connectivity index (χ4v) is 5.89. The van der Waals surface area contributed by atoms with Crippen LogP contribution in [0.4, 0.5) is 0 Å². The molecule has 6 rings (SSSR count). The fourth-order valence-electron chi connectivity index (χ4n) is 4.84. The van der Waals surface area contributed by atoms with Crippen LogP contribution in [0.15, 0.2) is 107 Å². The molecule has 222 valence electrons. The normalized spacial score (nSPS) is 13.3. The van der Waals surface area contributed by atoms with Crippen molar-refractivity contribution in [3.05, 3.63) is 124 Å². The van der Waals surface area contributed by atoms with E-state index >= 15 is 0 Å². The van der Waals surface area contributed by atoms with Crippen LogP contribution in [0.3, 0.4) is 0 Å². The Morgan fingerprint density at radius 2 is 1.47 bits per heavy atom. The number of rotatable bonds is 8. The average Bonchev–Trinajstić information content (AvgIpc) is 3.74. The molecular weight excluding hydrogens is 616 g/mol. The lowest BCUT2D eigenvalue weighted by atomic mass is 9.92. The maximum atomic E-state index is 13.4. The molecular formula is C33H21ClN4O6S. The number of thiazole rings is 1. The summed E-state index contributed by atoms with van der Waals surface area (Å²) in [6.45, 7) is 0. The standard InChI is InChI=1S/C33H21ClN4O6S/c1-44-32(43)25(30(41)31(42)36-27-26(34)28(39)20-14-8-9-15-21(20)29(27)40)23-17-45-33(35-23)38-24(19-12-6-3-7-13-19)16-22(37-38)18-10-4-2-5-11-18/h2-17,25H,1H3,(H,36,42)/t25-/m0/s1. The zero-order valence-corrected chi connectivity index (χ0v) is 25.0. The molecule has 10 nitrogen and oxygen atoms in total. The van der Waals surface area contributed by atoms with Crippen LogP contribution in [-0.2, 0) is 19.1 Å². The van der Waals surface area contributed by atoms with Crippen molar-refractivity contribution in [1.29, 1.82) is 0 Å². The van der Waals surface area contributed by atoms with Gasteiger partial charge < -0.3 is 10.1 Å². The third kappa shape index (κ3) is 5.50. The van der Waals surface area contributed by atoms with Gasteiger partial charge in [0.05, 0.1) is 24.2 Å². The maximum Gasteiger partial charge on any atom is 0.323 e. The van der Waals surface area contributed by atoms with Crippen molar-refractivity contribution < 1.29 is 28.7 Å². The number of ketones is 3. The Hall–Kier alpha value is -5.52. The predicted molar refractivity (Wildman–Crippen MR) is 166 cm³/mol. The number of carbonyl (C=O) groups excluding carboxylic acids is 5. The van der Waals surface area contributed by atoms with Gasteiger partial charge in [0.2, 0.25) is 22.5 Å². The summed E-state index contributed by atoms with van der Waals surface area (Å²) in [7, 11) is 1.07. The Balaban J connectivity index is 1.33. The van der Waals surface area contributed by atoms with Gasteiger partial charge >= 0.3 is 5.97 Å². The van der Waals surface area contributed by atoms with Gasteiger partial charge in [0.15, 0.2) is 5.92 Å². The number of esters is 1. The number of aromatic nitrogens is 3. The molecule has 1 aliphatic carbocycles. The van der Waals surface area contributed by atoms with Gasteiger partial charge in [-0.1, -0.05) is 96.5 Å². The molecule has 2 heterocycles. The fraction of sp³-hybridized carbons (Fsp3) is 0.0606. The van der Waals surface area contributed by atoms with Crippen LogP contribution in [0.25, 0.3) is 27.6 Å². The van der Waals surface area contributed by atoms with Crippen molar-refractivity contribution in [1.82, 2.24) is 20.1 Å². The molecule has 2 aromatic heterocycles. The Kier molecular flexibility index (Phi) is 8.03. The average molecular weight is 637 g/mol. The highest BCUT2D eigenvalue weighted by Crippen LogP contribution is 2.32. The first-order valence-corrected chi connectivity index (χ1v) is 14.7. The predicted octanol–water partition coefficient (Wildman–Crippen LogP) is 5.13. The maximum absolute atomic E-state index is 13.4. The summed E-state index contributed by atoms with van der Waals surface area (Å²) < 4.78 is 6.44. The van der Waals surface area contributed by atoms with Crippen molar-refractivity contribution in [3.63, 3.8) is 0 Å². The van der Waals surface area contributed by atoms with Gasteiger partial charge in [0, 0.05) is 27.6 Å². The van der Waals surface area contributed by atoms with Crippen molar-refractivity contribution in [2.75, 3.05) is 7.11 Å². The lowest BCUT2D eigenvalue weighted by Gasteiger charge is -2.18. The third-order valence-corrected chi connectivity index (χ3v) is 8.25. The number of allylic oxidation sites excluding steroid dienone is 2. The van der Waals surface area contributed by atoms with Crippen LogP contribution in [-0.4, -0.2) is 51.1 Å². The number of methoxy groups -OCH3 is 1. The molecule has 0 fully saturated rings. The van der Waals surface area contributed by atoms with Crippen LogP contribution in [0.2, 0.25) is 0 Å². The number of ether oxygens (including phenoxy) is 1. The number of benzene rings is 3. The van der Waals surface area contributed by atoms with Gasteiger partial charge in [-0.15, -0.1) is 11.3 Å². The van der Waals surface area contributed by atoms with E-state index in [4.69, 9.17) is 21.4 Å². The number of hydrogen-bond acceptors (Lipinski definition) is 9. The summed E-state index contributed by atoms with van der Waals surface area (Å²) >= 11 is 7.25. The van der Waals surface area contributed by atoms with E-state index in [0.717, 1.165) is 29.6 Å². The van der Waals surface area contributed by atoms with Crippen molar-refractivity contribution in [2.24, 2.45) is 0 Å². The molecule has 45 heavy (non-hydrogen) atoms. The van der Waals surface area contributed by atoms with Crippen LogP contribution < -0.4 is 5.32 Å². The Morgan fingerprint density at radius 1 is 0.867 bits per heavy atom. The molecule has 0 radical (unpaired) electrons. The lowest BCUT2D eigenvalue weighted by molar-refractivity contribution is -0.149. The minimum Gasteiger partial charge on any atom is -0.468 e. The first-order valence-electron chi connectivity index (χ1n) is 13.5. The zero-order chi connectivity index (χ0) is 31.7. The summed E-state index contributed by atoms with van der Waals surface area (Å²) in [6.07, 6.45) is 0. The number of fused-ring (bicyclic) bond motifs is 1. The summed E-state index contributed by atoms with van der Waals surface area (Å²) in [4.78, 5) is 69.8. The Bertz CT molecular complexity index is 2030. The van der Waals surface area contributed by atoms with Crippen LogP contribution in [0.1, 0.15) is 32.3 Å². The highest BCUT2D eigenvalue weighted by Gasteiger charge is 2.39. The van der Waals surface area contributed by atoms with Crippen LogP contribution in [0.5, 0.6) is 0 Å². The van der Waals surface area contributed by atoms with Crippen molar-refractivity contribution in [3.8, 4) is 27.6 Å². The second-order valence-corrected chi connectivity index (χ2v) is 11.0. The molecule has 0 unspecified atom stereocenters. The number of nitrogens with zero attached hydrogens (tertiary/aromatic N) is 3. The number of nitrogens with one attached hydrogen (secondary N) is 1. The molecule has 0 saturated carbocycles. The molecule has 12 heteroatoms. The number of halogens is 1. The second kappa shape index (κ2) is 12.2. The molecule has 1 atom stereocenters. The van der Waals surface area contributed by atoms with E-state index in [2.05, 4.69) is 10.3 Å². The van der Waals surface area contributed by atoms with E-state index in [1.807, 2.05) is 66.7 Å². The molecule has 0 bridgehead atoms. The number of Topliss-reactive ketones (excluding diaryl/α,β-unsaturated/α-hetero) is 3. The molecule has 1 aliphatic rings. The van der Waals surface area contributed by atoms with E-state index in [1.165, 1.54) is 17.5 Å². The first-order chi connectivity index (χ1) is 21.8. The quantitative estimate of drug-likeness (QED) is 0.141. The minimum absolute atomic E-state index is 0.0200.